The number of carbonyl (C=O) groups is 2. The first-order valence-electron chi connectivity index (χ1n) is 11.2. The first kappa shape index (κ1) is 24.5. The van der Waals surface area contributed by atoms with E-state index in [4.69, 9.17) is 4.74 Å². The van der Waals surface area contributed by atoms with E-state index in [-0.39, 0.29) is 12.1 Å². The number of rotatable bonds is 11. The maximum absolute atomic E-state index is 12.1. The highest BCUT2D eigenvalue weighted by atomic mass is 32.1. The van der Waals surface area contributed by atoms with Crippen LogP contribution in [0.2, 0.25) is 0 Å². The maximum atomic E-state index is 12.1. The van der Waals surface area contributed by atoms with E-state index in [1.54, 1.807) is 35.7 Å². The predicted molar refractivity (Wildman–Crippen MR) is 131 cm³/mol. The molecule has 0 aliphatic carbocycles. The minimum absolute atomic E-state index is 0.170. The van der Waals surface area contributed by atoms with E-state index in [9.17, 15) is 14.7 Å². The van der Waals surface area contributed by atoms with Crippen molar-refractivity contribution in [1.29, 1.82) is 0 Å². The number of carbonyl (C=O) groups excluding carboxylic acids is 1. The number of carboxylic acid groups (broad SMARTS) is 1. The van der Waals surface area contributed by atoms with E-state index >= 15 is 0 Å². The summed E-state index contributed by atoms with van der Waals surface area (Å²) in [6.07, 6.45) is 6.53. The number of thiophene rings is 1. The van der Waals surface area contributed by atoms with E-state index in [1.165, 1.54) is 0 Å². The van der Waals surface area contributed by atoms with Gasteiger partial charge in [0.2, 0.25) is 0 Å². The number of carboxylic acids is 1. The summed E-state index contributed by atoms with van der Waals surface area (Å²) in [6, 6.07) is 11.2. The number of unbranched alkanes of at least 4 members (excludes halogenated alkanes) is 1. The molecule has 6 nitrogen and oxygen atoms in total. The monoisotopic (exact) mass is 466 g/mol. The van der Waals surface area contributed by atoms with Gasteiger partial charge in [0.25, 0.3) is 0 Å². The van der Waals surface area contributed by atoms with Gasteiger partial charge in [-0.1, -0.05) is 31.5 Å². The van der Waals surface area contributed by atoms with Gasteiger partial charge in [-0.05, 0) is 55.5 Å². The third-order valence-corrected chi connectivity index (χ3v) is 6.01. The molecule has 0 bridgehead atoms. The number of esters is 1. The van der Waals surface area contributed by atoms with Crippen LogP contribution in [0.25, 0.3) is 6.08 Å². The van der Waals surface area contributed by atoms with Gasteiger partial charge in [0.15, 0.2) is 0 Å². The van der Waals surface area contributed by atoms with E-state index < -0.39 is 5.97 Å². The Labute approximate surface area is 198 Å². The van der Waals surface area contributed by atoms with Gasteiger partial charge in [0, 0.05) is 29.8 Å². The summed E-state index contributed by atoms with van der Waals surface area (Å²) in [7, 11) is 0. The van der Waals surface area contributed by atoms with Crippen molar-refractivity contribution in [3.8, 4) is 0 Å². The molecule has 7 heteroatoms. The minimum atomic E-state index is -0.931. The molecular weight excluding hydrogens is 436 g/mol. The van der Waals surface area contributed by atoms with Gasteiger partial charge in [-0.15, -0.1) is 11.3 Å². The van der Waals surface area contributed by atoms with Crippen molar-refractivity contribution in [2.45, 2.75) is 59.1 Å². The summed E-state index contributed by atoms with van der Waals surface area (Å²) in [5, 5.41) is 11.7. The normalized spacial score (nSPS) is 11.7. The molecule has 1 aromatic carbocycles. The number of imidazole rings is 1. The van der Waals surface area contributed by atoms with Crippen LogP contribution in [0.3, 0.4) is 0 Å². The molecule has 0 radical (unpaired) electrons. The van der Waals surface area contributed by atoms with Gasteiger partial charge in [-0.3, -0.25) is 0 Å². The Balaban J connectivity index is 1.89. The molecule has 0 atom stereocenters. The summed E-state index contributed by atoms with van der Waals surface area (Å²) in [5.74, 6) is -0.349. The topological polar surface area (TPSA) is 81.4 Å². The van der Waals surface area contributed by atoms with Crippen LogP contribution in [-0.4, -0.2) is 32.7 Å². The van der Waals surface area contributed by atoms with E-state index in [0.717, 1.165) is 41.2 Å². The number of aromatic nitrogens is 2. The second kappa shape index (κ2) is 11.6. The van der Waals surface area contributed by atoms with Crippen LogP contribution >= 0.6 is 11.3 Å². The van der Waals surface area contributed by atoms with Gasteiger partial charge in [-0.2, -0.15) is 0 Å². The molecule has 0 unspecified atom stereocenters. The maximum Gasteiger partial charge on any atom is 0.338 e. The Bertz CT molecular complexity index is 1100. The Morgan fingerprint density at radius 2 is 1.97 bits per heavy atom. The molecule has 1 N–H and O–H groups in total. The van der Waals surface area contributed by atoms with Crippen molar-refractivity contribution >= 4 is 29.4 Å². The lowest BCUT2D eigenvalue weighted by atomic mass is 10.1. The van der Waals surface area contributed by atoms with Crippen LogP contribution in [-0.2, 0) is 28.9 Å². The lowest BCUT2D eigenvalue weighted by molar-refractivity contribution is -0.132. The first-order valence-corrected chi connectivity index (χ1v) is 12.1. The Morgan fingerprint density at radius 1 is 1.21 bits per heavy atom. The molecule has 0 fully saturated rings. The van der Waals surface area contributed by atoms with Crippen LogP contribution in [0.4, 0.5) is 0 Å². The molecule has 3 aromatic rings. The fraction of sp³-hybridized carbons (Fsp3) is 0.346. The van der Waals surface area contributed by atoms with Crippen LogP contribution < -0.4 is 0 Å². The lowest BCUT2D eigenvalue weighted by Crippen LogP contribution is -2.12. The molecule has 2 aromatic heterocycles. The summed E-state index contributed by atoms with van der Waals surface area (Å²) < 4.78 is 7.32. The first-order chi connectivity index (χ1) is 15.9. The zero-order chi connectivity index (χ0) is 23.8. The number of aliphatic carboxylic acids is 1. The van der Waals surface area contributed by atoms with Crippen LogP contribution in [0.15, 0.2) is 53.5 Å². The summed E-state index contributed by atoms with van der Waals surface area (Å²) in [6.45, 7) is 6.31. The SMILES string of the molecule is CCCCc1ncc(C=C(Cc2cccs2)C(=O)O)n1Cc1ccc(C(=O)OC(C)C)cc1. The third-order valence-electron chi connectivity index (χ3n) is 5.14. The number of nitrogens with zero attached hydrogens (tertiary/aromatic N) is 2. The Hall–Kier alpha value is -3.19. The van der Waals surface area contributed by atoms with Crippen LogP contribution in [0.1, 0.15) is 65.9 Å². The number of benzene rings is 1. The zero-order valence-electron chi connectivity index (χ0n) is 19.3. The highest BCUT2D eigenvalue weighted by Crippen LogP contribution is 2.20. The molecule has 3 rings (SSSR count). The Morgan fingerprint density at radius 3 is 2.58 bits per heavy atom. The molecule has 0 saturated carbocycles. The molecule has 2 heterocycles. The van der Waals surface area contributed by atoms with Gasteiger partial charge in [-0.25, -0.2) is 14.6 Å². The average molecular weight is 467 g/mol. The molecule has 174 valence electrons. The van der Waals surface area contributed by atoms with Crippen molar-refractivity contribution in [1.82, 2.24) is 9.55 Å². The fourth-order valence-electron chi connectivity index (χ4n) is 3.44. The van der Waals surface area contributed by atoms with E-state index in [1.807, 2.05) is 43.5 Å². The number of ether oxygens (including phenoxy) is 1. The second-order valence-electron chi connectivity index (χ2n) is 8.17. The third kappa shape index (κ3) is 6.89. The zero-order valence-corrected chi connectivity index (χ0v) is 20.1. The van der Waals surface area contributed by atoms with Crippen LogP contribution in [0, 0.1) is 0 Å². The largest absolute Gasteiger partial charge is 0.478 e. The summed E-state index contributed by atoms with van der Waals surface area (Å²) in [4.78, 5) is 29.6. The number of hydrogen-bond donors (Lipinski definition) is 1. The standard InChI is InChI=1S/C26H30N2O4S/c1-4-5-8-24-27-16-22(14-21(25(29)30)15-23-7-6-13-33-23)28(24)17-19-9-11-20(12-10-19)26(31)32-18(2)3/h6-7,9-14,16,18H,4-5,8,15,17H2,1-3H3,(H,29,30). The highest BCUT2D eigenvalue weighted by Gasteiger charge is 2.15. The molecule has 0 aliphatic heterocycles. The molecule has 0 amide bonds. The highest BCUT2D eigenvalue weighted by molar-refractivity contribution is 7.09. The van der Waals surface area contributed by atoms with Crippen molar-refractivity contribution in [3.63, 3.8) is 0 Å². The quantitative estimate of drug-likeness (QED) is 0.293. The van der Waals surface area contributed by atoms with E-state index in [0.29, 0.717) is 24.1 Å². The van der Waals surface area contributed by atoms with Crippen molar-refractivity contribution in [3.05, 3.63) is 81.1 Å². The van der Waals surface area contributed by atoms with Crippen molar-refractivity contribution in [2.75, 3.05) is 0 Å². The molecule has 0 aliphatic rings. The smallest absolute Gasteiger partial charge is 0.338 e. The number of hydrogen-bond acceptors (Lipinski definition) is 5. The fourth-order valence-corrected chi connectivity index (χ4v) is 4.17. The van der Waals surface area contributed by atoms with Crippen molar-refractivity contribution in [2.24, 2.45) is 0 Å². The van der Waals surface area contributed by atoms with Gasteiger partial charge < -0.3 is 14.4 Å². The molecule has 0 spiro atoms. The summed E-state index contributed by atoms with van der Waals surface area (Å²) in [5.41, 5.74) is 2.59. The average Bonchev–Trinajstić information content (AvgIpc) is 3.42. The van der Waals surface area contributed by atoms with Crippen LogP contribution in [0.5, 0.6) is 0 Å². The second-order valence-corrected chi connectivity index (χ2v) is 9.20. The minimum Gasteiger partial charge on any atom is -0.478 e. The Kier molecular flexibility index (Phi) is 8.60. The number of aryl methyl sites for hydroxylation is 1. The molecule has 0 saturated heterocycles. The van der Waals surface area contributed by atoms with Crippen molar-refractivity contribution < 1.29 is 19.4 Å². The van der Waals surface area contributed by atoms with Gasteiger partial charge in [0.05, 0.1) is 23.6 Å². The predicted octanol–water partition coefficient (Wildman–Crippen LogP) is 5.61. The summed E-state index contributed by atoms with van der Waals surface area (Å²) >= 11 is 1.55. The lowest BCUT2D eigenvalue weighted by Gasteiger charge is -2.12. The van der Waals surface area contributed by atoms with E-state index in [2.05, 4.69) is 16.5 Å². The van der Waals surface area contributed by atoms with Gasteiger partial charge in [0.1, 0.15) is 5.82 Å². The van der Waals surface area contributed by atoms with Gasteiger partial charge >= 0.3 is 11.9 Å². The molecule has 33 heavy (non-hydrogen) atoms. The molecular formula is C26H30N2O4S.